The van der Waals surface area contributed by atoms with Crippen molar-refractivity contribution in [3.05, 3.63) is 60.0 Å². The number of fused-ring (bicyclic) bond motifs is 2. The summed E-state index contributed by atoms with van der Waals surface area (Å²) in [5.41, 5.74) is 1.39. The molecule has 3 heterocycles. The lowest BCUT2D eigenvalue weighted by Gasteiger charge is -2.24. The van der Waals surface area contributed by atoms with E-state index < -0.39 is 5.82 Å². The SMILES string of the molecule is COc1cc(-c2ccc3cc(C(=O)N4C[C@H]5COC[C@@]5(CO)C4)ccc3c2)c(F)cn1. The van der Waals surface area contributed by atoms with Crippen LogP contribution in [0.25, 0.3) is 21.9 Å². The zero-order valence-corrected chi connectivity index (χ0v) is 17.2. The van der Waals surface area contributed by atoms with Gasteiger partial charge in [-0.15, -0.1) is 0 Å². The van der Waals surface area contributed by atoms with E-state index >= 15 is 0 Å². The third-order valence-electron chi connectivity index (χ3n) is 6.56. The van der Waals surface area contributed by atoms with Gasteiger partial charge < -0.3 is 19.5 Å². The van der Waals surface area contributed by atoms with Gasteiger partial charge in [0, 0.05) is 41.6 Å². The van der Waals surface area contributed by atoms with Gasteiger partial charge >= 0.3 is 0 Å². The van der Waals surface area contributed by atoms with Gasteiger partial charge in [0.25, 0.3) is 5.91 Å². The molecule has 31 heavy (non-hydrogen) atoms. The van der Waals surface area contributed by atoms with Crippen molar-refractivity contribution in [2.24, 2.45) is 11.3 Å². The van der Waals surface area contributed by atoms with Gasteiger partial charge in [0.2, 0.25) is 5.88 Å². The van der Waals surface area contributed by atoms with Gasteiger partial charge in [0.05, 0.1) is 33.1 Å². The summed E-state index contributed by atoms with van der Waals surface area (Å²) in [4.78, 5) is 18.8. The zero-order chi connectivity index (χ0) is 21.6. The Bertz CT molecular complexity index is 1170. The third kappa shape index (κ3) is 3.34. The fourth-order valence-corrected chi connectivity index (χ4v) is 4.69. The van der Waals surface area contributed by atoms with Crippen molar-refractivity contribution in [1.82, 2.24) is 9.88 Å². The highest BCUT2D eigenvalue weighted by molar-refractivity contribution is 5.99. The molecule has 1 aromatic heterocycles. The minimum absolute atomic E-state index is 0.0261. The molecule has 7 heteroatoms. The molecule has 0 aliphatic carbocycles. The molecule has 0 bridgehead atoms. The molecule has 6 nitrogen and oxygen atoms in total. The molecule has 2 atom stereocenters. The highest BCUT2D eigenvalue weighted by Gasteiger charge is 2.51. The van der Waals surface area contributed by atoms with Crippen molar-refractivity contribution in [1.29, 1.82) is 0 Å². The number of likely N-dealkylation sites (tertiary alicyclic amines) is 1. The van der Waals surface area contributed by atoms with Crippen LogP contribution in [0.5, 0.6) is 5.88 Å². The number of aliphatic hydroxyl groups is 1. The second-order valence-corrected chi connectivity index (χ2v) is 8.40. The quantitative estimate of drug-likeness (QED) is 0.700. The van der Waals surface area contributed by atoms with Crippen molar-refractivity contribution >= 4 is 16.7 Å². The Labute approximate surface area is 179 Å². The van der Waals surface area contributed by atoms with Crippen molar-refractivity contribution in [3.8, 4) is 17.0 Å². The van der Waals surface area contributed by atoms with Crippen molar-refractivity contribution in [3.63, 3.8) is 0 Å². The van der Waals surface area contributed by atoms with Crippen LogP contribution in [0.4, 0.5) is 4.39 Å². The number of hydrogen-bond donors (Lipinski definition) is 1. The molecule has 160 valence electrons. The minimum Gasteiger partial charge on any atom is -0.481 e. The number of nitrogens with zero attached hydrogens (tertiary/aromatic N) is 2. The topological polar surface area (TPSA) is 71.9 Å². The first-order chi connectivity index (χ1) is 15.0. The molecule has 0 spiro atoms. The molecule has 5 rings (SSSR count). The summed E-state index contributed by atoms with van der Waals surface area (Å²) in [7, 11) is 1.49. The molecule has 2 aliphatic heterocycles. The summed E-state index contributed by atoms with van der Waals surface area (Å²) in [6.07, 6.45) is 1.15. The Balaban J connectivity index is 1.43. The number of hydrogen-bond acceptors (Lipinski definition) is 5. The molecule has 2 fully saturated rings. The van der Waals surface area contributed by atoms with E-state index in [1.807, 2.05) is 35.2 Å². The van der Waals surface area contributed by atoms with E-state index in [9.17, 15) is 14.3 Å². The first kappa shape index (κ1) is 19.9. The maximum Gasteiger partial charge on any atom is 0.253 e. The van der Waals surface area contributed by atoms with Gasteiger partial charge in [-0.05, 0) is 34.5 Å². The number of ether oxygens (including phenoxy) is 2. The maximum absolute atomic E-state index is 14.3. The number of pyridine rings is 1. The molecular formula is C24H23FN2O4. The third-order valence-corrected chi connectivity index (χ3v) is 6.56. The molecular weight excluding hydrogens is 399 g/mol. The number of benzene rings is 2. The van der Waals surface area contributed by atoms with E-state index in [1.54, 1.807) is 12.1 Å². The molecule has 0 radical (unpaired) electrons. The fourth-order valence-electron chi connectivity index (χ4n) is 4.69. The zero-order valence-electron chi connectivity index (χ0n) is 17.2. The van der Waals surface area contributed by atoms with Crippen LogP contribution in [0.3, 0.4) is 0 Å². The number of amides is 1. The monoisotopic (exact) mass is 422 g/mol. The molecule has 2 aliphatic rings. The summed E-state index contributed by atoms with van der Waals surface area (Å²) >= 11 is 0. The van der Waals surface area contributed by atoms with Crippen LogP contribution in [-0.2, 0) is 4.74 Å². The van der Waals surface area contributed by atoms with Gasteiger partial charge in [-0.1, -0.05) is 18.2 Å². The van der Waals surface area contributed by atoms with E-state index in [4.69, 9.17) is 9.47 Å². The summed E-state index contributed by atoms with van der Waals surface area (Å²) in [5.74, 6) is 0.0574. The number of carbonyl (C=O) groups is 1. The molecule has 2 aromatic carbocycles. The van der Waals surface area contributed by atoms with Gasteiger partial charge in [-0.2, -0.15) is 0 Å². The Morgan fingerprint density at radius 2 is 2.10 bits per heavy atom. The number of rotatable bonds is 4. The van der Waals surface area contributed by atoms with Crippen LogP contribution >= 0.6 is 0 Å². The normalized spacial score (nSPS) is 22.7. The predicted octanol–water partition coefficient (Wildman–Crippen LogP) is 3.13. The highest BCUT2D eigenvalue weighted by atomic mass is 19.1. The van der Waals surface area contributed by atoms with Crippen LogP contribution in [-0.4, -0.2) is 60.9 Å². The van der Waals surface area contributed by atoms with E-state index in [-0.39, 0.29) is 23.8 Å². The summed E-state index contributed by atoms with van der Waals surface area (Å²) in [6.45, 7) is 2.21. The van der Waals surface area contributed by atoms with Crippen LogP contribution in [0.1, 0.15) is 10.4 Å². The van der Waals surface area contributed by atoms with Crippen LogP contribution in [0.15, 0.2) is 48.7 Å². The number of aliphatic hydroxyl groups excluding tert-OH is 1. The van der Waals surface area contributed by atoms with Gasteiger partial charge in [0.15, 0.2) is 0 Å². The molecule has 0 unspecified atom stereocenters. The van der Waals surface area contributed by atoms with Crippen molar-refractivity contribution in [2.75, 3.05) is 40.0 Å². The number of halogens is 1. The lowest BCUT2D eigenvalue weighted by Crippen LogP contribution is -2.36. The first-order valence-corrected chi connectivity index (χ1v) is 10.2. The summed E-state index contributed by atoms with van der Waals surface area (Å²) in [6, 6.07) is 12.7. The van der Waals surface area contributed by atoms with Gasteiger partial charge in [0.1, 0.15) is 5.82 Å². The molecule has 3 aromatic rings. The maximum atomic E-state index is 14.3. The standard InChI is InChI=1S/C24H23FN2O4/c1-30-22-8-20(21(25)9-26-22)17-4-2-16-7-18(5-3-15(16)6-17)23(29)27-10-19-11-31-14-24(19,12-27)13-28/h2-9,19,28H,10-14H2,1H3/t19-,24-/m0/s1. The average molecular weight is 422 g/mol. The Hall–Kier alpha value is -3.03. The molecule has 1 amide bonds. The lowest BCUT2D eigenvalue weighted by molar-refractivity contribution is 0.0631. The lowest BCUT2D eigenvalue weighted by atomic mass is 9.82. The van der Waals surface area contributed by atoms with E-state index in [0.717, 1.165) is 17.0 Å². The molecule has 0 saturated carbocycles. The van der Waals surface area contributed by atoms with Crippen LogP contribution < -0.4 is 4.74 Å². The summed E-state index contributed by atoms with van der Waals surface area (Å²) in [5, 5.41) is 11.7. The molecule has 2 saturated heterocycles. The Kier molecular flexibility index (Phi) is 4.87. The van der Waals surface area contributed by atoms with Gasteiger partial charge in [-0.3, -0.25) is 4.79 Å². The van der Waals surface area contributed by atoms with Gasteiger partial charge in [-0.25, -0.2) is 9.37 Å². The van der Waals surface area contributed by atoms with E-state index in [0.29, 0.717) is 48.9 Å². The highest BCUT2D eigenvalue weighted by Crippen LogP contribution is 2.41. The second-order valence-electron chi connectivity index (χ2n) is 8.40. The summed E-state index contributed by atoms with van der Waals surface area (Å²) < 4.78 is 24.9. The first-order valence-electron chi connectivity index (χ1n) is 10.2. The molecule has 1 N–H and O–H groups in total. The predicted molar refractivity (Wildman–Crippen MR) is 113 cm³/mol. The number of methoxy groups -OCH3 is 1. The smallest absolute Gasteiger partial charge is 0.253 e. The van der Waals surface area contributed by atoms with E-state index in [2.05, 4.69) is 4.98 Å². The van der Waals surface area contributed by atoms with Crippen LogP contribution in [0, 0.1) is 17.2 Å². The fraction of sp³-hybridized carbons (Fsp3) is 0.333. The number of carbonyl (C=O) groups excluding carboxylic acids is 1. The average Bonchev–Trinajstić information content (AvgIpc) is 3.36. The van der Waals surface area contributed by atoms with Crippen LogP contribution in [0.2, 0.25) is 0 Å². The largest absolute Gasteiger partial charge is 0.481 e. The Morgan fingerprint density at radius 1 is 1.29 bits per heavy atom. The second kappa shape index (κ2) is 7.59. The Morgan fingerprint density at radius 3 is 2.87 bits per heavy atom. The number of aromatic nitrogens is 1. The minimum atomic E-state index is -0.423. The van der Waals surface area contributed by atoms with Crippen molar-refractivity contribution in [2.45, 2.75) is 0 Å². The van der Waals surface area contributed by atoms with E-state index in [1.165, 1.54) is 7.11 Å². The van der Waals surface area contributed by atoms with Crippen molar-refractivity contribution < 1.29 is 23.8 Å².